The summed E-state index contributed by atoms with van der Waals surface area (Å²) < 4.78 is 5.34. The molecule has 0 spiro atoms. The first kappa shape index (κ1) is 14.5. The van der Waals surface area contributed by atoms with Crippen molar-refractivity contribution >= 4 is 5.91 Å². The molecule has 0 unspecified atom stereocenters. The lowest BCUT2D eigenvalue weighted by Crippen LogP contribution is -2.48. The molecule has 1 aromatic rings. The number of rotatable bonds is 4. The third-order valence-electron chi connectivity index (χ3n) is 4.34. The summed E-state index contributed by atoms with van der Waals surface area (Å²) in [5, 5.41) is 0. The fraction of sp³-hybridized carbons (Fsp3) is 0.625. The van der Waals surface area contributed by atoms with E-state index in [1.54, 1.807) is 6.20 Å². The van der Waals surface area contributed by atoms with Crippen LogP contribution in [0.2, 0.25) is 0 Å². The third kappa shape index (κ3) is 4.02. The monoisotopic (exact) mass is 289 g/mol. The first-order chi connectivity index (χ1) is 10.3. The van der Waals surface area contributed by atoms with Crippen molar-refractivity contribution in [3.05, 3.63) is 30.1 Å². The van der Waals surface area contributed by atoms with E-state index in [1.807, 2.05) is 17.2 Å². The van der Waals surface area contributed by atoms with E-state index in [2.05, 4.69) is 16.0 Å². The minimum Gasteiger partial charge on any atom is -0.381 e. The summed E-state index contributed by atoms with van der Waals surface area (Å²) in [6.45, 7) is 6.07. The van der Waals surface area contributed by atoms with E-state index in [-0.39, 0.29) is 0 Å². The van der Waals surface area contributed by atoms with Crippen molar-refractivity contribution in [3.8, 4) is 0 Å². The zero-order valence-corrected chi connectivity index (χ0v) is 12.4. The number of hydrogen-bond acceptors (Lipinski definition) is 4. The second-order valence-electron chi connectivity index (χ2n) is 5.95. The van der Waals surface area contributed by atoms with Crippen LogP contribution in [0, 0.1) is 5.92 Å². The standard InChI is InChI=1S/C16H23N3O2/c20-16(10-14-3-9-21-13-14)19-7-5-18(6-8-19)12-15-2-1-4-17-11-15/h1-2,4,11,14H,3,5-10,12-13H2/t14-/m1/s1. The molecule has 1 aromatic heterocycles. The Labute approximate surface area is 125 Å². The van der Waals surface area contributed by atoms with Gasteiger partial charge in [0.2, 0.25) is 5.91 Å². The maximum absolute atomic E-state index is 12.3. The maximum atomic E-state index is 12.3. The molecule has 5 nitrogen and oxygen atoms in total. The number of amides is 1. The molecular formula is C16H23N3O2. The first-order valence-corrected chi connectivity index (χ1v) is 7.78. The van der Waals surface area contributed by atoms with Crippen molar-refractivity contribution in [1.82, 2.24) is 14.8 Å². The van der Waals surface area contributed by atoms with Gasteiger partial charge in [-0.15, -0.1) is 0 Å². The van der Waals surface area contributed by atoms with Crippen molar-refractivity contribution < 1.29 is 9.53 Å². The summed E-state index contributed by atoms with van der Waals surface area (Å²) in [6, 6.07) is 4.07. The Hall–Kier alpha value is -1.46. The lowest BCUT2D eigenvalue weighted by molar-refractivity contribution is -0.134. The predicted octanol–water partition coefficient (Wildman–Crippen LogP) is 1.15. The number of ether oxygens (including phenoxy) is 1. The largest absolute Gasteiger partial charge is 0.381 e. The highest BCUT2D eigenvalue weighted by Crippen LogP contribution is 2.18. The Morgan fingerprint density at radius 1 is 1.33 bits per heavy atom. The van der Waals surface area contributed by atoms with Gasteiger partial charge in [-0.3, -0.25) is 14.7 Å². The molecule has 3 rings (SSSR count). The van der Waals surface area contributed by atoms with Gasteiger partial charge in [0.15, 0.2) is 0 Å². The van der Waals surface area contributed by atoms with E-state index in [4.69, 9.17) is 4.74 Å². The van der Waals surface area contributed by atoms with Gasteiger partial charge >= 0.3 is 0 Å². The molecule has 2 aliphatic rings. The molecule has 2 saturated heterocycles. The topological polar surface area (TPSA) is 45.7 Å². The fourth-order valence-electron chi connectivity index (χ4n) is 3.03. The average Bonchev–Trinajstić information content (AvgIpc) is 3.02. The lowest BCUT2D eigenvalue weighted by Gasteiger charge is -2.35. The van der Waals surface area contributed by atoms with Gasteiger partial charge in [-0.2, -0.15) is 0 Å². The van der Waals surface area contributed by atoms with Crippen LogP contribution in [0.3, 0.4) is 0 Å². The van der Waals surface area contributed by atoms with Crippen molar-refractivity contribution in [1.29, 1.82) is 0 Å². The number of aromatic nitrogens is 1. The molecule has 0 radical (unpaired) electrons. The average molecular weight is 289 g/mol. The number of piperazine rings is 1. The van der Waals surface area contributed by atoms with Crippen molar-refractivity contribution in [3.63, 3.8) is 0 Å². The van der Waals surface area contributed by atoms with Gasteiger partial charge in [-0.1, -0.05) is 6.07 Å². The highest BCUT2D eigenvalue weighted by Gasteiger charge is 2.25. The molecule has 114 valence electrons. The first-order valence-electron chi connectivity index (χ1n) is 7.78. The van der Waals surface area contributed by atoms with Gasteiger partial charge in [-0.05, 0) is 24.0 Å². The molecule has 1 amide bonds. The van der Waals surface area contributed by atoms with E-state index >= 15 is 0 Å². The molecule has 1 atom stereocenters. The quantitative estimate of drug-likeness (QED) is 0.834. The second kappa shape index (κ2) is 7.00. The smallest absolute Gasteiger partial charge is 0.223 e. The summed E-state index contributed by atoms with van der Waals surface area (Å²) in [7, 11) is 0. The minimum atomic E-state index is 0.298. The van der Waals surface area contributed by atoms with Crippen LogP contribution in [-0.2, 0) is 16.1 Å². The van der Waals surface area contributed by atoms with E-state index in [9.17, 15) is 4.79 Å². The molecule has 3 heterocycles. The van der Waals surface area contributed by atoms with E-state index in [0.717, 1.165) is 52.4 Å². The minimum absolute atomic E-state index is 0.298. The molecule has 0 aromatic carbocycles. The highest BCUT2D eigenvalue weighted by molar-refractivity contribution is 5.76. The normalized spacial score (nSPS) is 23.4. The van der Waals surface area contributed by atoms with Crippen molar-refractivity contribution in [2.24, 2.45) is 5.92 Å². The summed E-state index contributed by atoms with van der Waals surface area (Å²) in [5.74, 6) is 0.734. The van der Waals surface area contributed by atoms with Crippen LogP contribution in [-0.4, -0.2) is 60.1 Å². The summed E-state index contributed by atoms with van der Waals surface area (Å²) in [6.07, 6.45) is 5.40. The molecule has 0 saturated carbocycles. The maximum Gasteiger partial charge on any atom is 0.223 e. The summed E-state index contributed by atoms with van der Waals surface area (Å²) >= 11 is 0. The summed E-state index contributed by atoms with van der Waals surface area (Å²) in [5.41, 5.74) is 1.24. The Balaban J connectivity index is 1.43. The lowest BCUT2D eigenvalue weighted by atomic mass is 10.0. The van der Waals surface area contributed by atoms with E-state index in [0.29, 0.717) is 18.2 Å². The number of carbonyl (C=O) groups excluding carboxylic acids is 1. The fourth-order valence-corrected chi connectivity index (χ4v) is 3.03. The van der Waals surface area contributed by atoms with Crippen LogP contribution < -0.4 is 0 Å². The number of pyridine rings is 1. The van der Waals surface area contributed by atoms with Crippen LogP contribution >= 0.6 is 0 Å². The van der Waals surface area contributed by atoms with Gasteiger partial charge in [0.1, 0.15) is 0 Å². The Kier molecular flexibility index (Phi) is 4.83. The van der Waals surface area contributed by atoms with Crippen LogP contribution in [0.4, 0.5) is 0 Å². The zero-order valence-electron chi connectivity index (χ0n) is 12.4. The molecule has 0 bridgehead atoms. The molecule has 2 fully saturated rings. The van der Waals surface area contributed by atoms with Gasteiger partial charge in [-0.25, -0.2) is 0 Å². The molecule has 21 heavy (non-hydrogen) atoms. The Bertz CT molecular complexity index is 452. The highest BCUT2D eigenvalue weighted by atomic mass is 16.5. The van der Waals surface area contributed by atoms with Gasteiger partial charge < -0.3 is 9.64 Å². The number of nitrogens with zero attached hydrogens (tertiary/aromatic N) is 3. The van der Waals surface area contributed by atoms with Crippen LogP contribution in [0.1, 0.15) is 18.4 Å². The van der Waals surface area contributed by atoms with Crippen LogP contribution in [0.5, 0.6) is 0 Å². The molecular weight excluding hydrogens is 266 g/mol. The van der Waals surface area contributed by atoms with Gasteiger partial charge in [0.25, 0.3) is 0 Å². The van der Waals surface area contributed by atoms with Crippen molar-refractivity contribution in [2.75, 3.05) is 39.4 Å². The van der Waals surface area contributed by atoms with Crippen LogP contribution in [0.15, 0.2) is 24.5 Å². The summed E-state index contributed by atoms with van der Waals surface area (Å²) in [4.78, 5) is 20.8. The zero-order chi connectivity index (χ0) is 14.5. The van der Waals surface area contributed by atoms with Crippen molar-refractivity contribution in [2.45, 2.75) is 19.4 Å². The van der Waals surface area contributed by atoms with Gasteiger partial charge in [0.05, 0.1) is 0 Å². The van der Waals surface area contributed by atoms with E-state index < -0.39 is 0 Å². The Morgan fingerprint density at radius 3 is 2.86 bits per heavy atom. The molecule has 0 N–H and O–H groups in total. The Morgan fingerprint density at radius 2 is 2.19 bits per heavy atom. The number of carbonyl (C=O) groups is 1. The van der Waals surface area contributed by atoms with E-state index in [1.165, 1.54) is 5.56 Å². The predicted molar refractivity (Wildman–Crippen MR) is 79.6 cm³/mol. The SMILES string of the molecule is O=C(C[C@H]1CCOC1)N1CCN(Cc2cccnc2)CC1. The molecule has 0 aliphatic carbocycles. The molecule has 5 heteroatoms. The third-order valence-corrected chi connectivity index (χ3v) is 4.34. The number of hydrogen-bond donors (Lipinski definition) is 0. The second-order valence-corrected chi connectivity index (χ2v) is 5.95. The van der Waals surface area contributed by atoms with Gasteiger partial charge in [0, 0.05) is 64.8 Å². The van der Waals surface area contributed by atoms with Crippen LogP contribution in [0.25, 0.3) is 0 Å². The molecule has 2 aliphatic heterocycles.